The molecule has 0 rings (SSSR count). The second-order valence-electron chi connectivity index (χ2n) is 21.4. The summed E-state index contributed by atoms with van der Waals surface area (Å²) in [6.07, 6.45) is 71.8. The van der Waals surface area contributed by atoms with Crippen LogP contribution in [0.1, 0.15) is 341 Å². The fourth-order valence-electron chi connectivity index (χ4n) is 9.74. The van der Waals surface area contributed by atoms with Crippen molar-refractivity contribution in [1.29, 1.82) is 0 Å². The fraction of sp³-hybridized carbons (Fsp3) is 0.905. The molecule has 2 atom stereocenters. The van der Waals surface area contributed by atoms with Crippen LogP contribution in [0.25, 0.3) is 0 Å². The van der Waals surface area contributed by atoms with Crippen LogP contribution in [0.15, 0.2) is 24.3 Å². The second kappa shape index (κ2) is 58.9. The van der Waals surface area contributed by atoms with E-state index in [0.717, 1.165) is 57.8 Å². The molecule has 0 spiro atoms. The quantitative estimate of drug-likeness (QED) is 0.0321. The van der Waals surface area contributed by atoms with Crippen molar-refractivity contribution in [3.05, 3.63) is 24.3 Å². The molecule has 6 heteroatoms. The molecule has 6 nitrogen and oxygen atoms in total. The summed E-state index contributed by atoms with van der Waals surface area (Å²) < 4.78 is 5.46. The van der Waals surface area contributed by atoms with Crippen LogP contribution in [-0.4, -0.2) is 47.4 Å². The van der Waals surface area contributed by atoms with Gasteiger partial charge >= 0.3 is 5.97 Å². The lowest BCUT2D eigenvalue weighted by Gasteiger charge is -2.22. The predicted octanol–water partition coefficient (Wildman–Crippen LogP) is 19.4. The molecule has 0 bridgehead atoms. The molecule has 0 heterocycles. The molecule has 0 saturated heterocycles. The first-order chi connectivity index (χ1) is 34.0. The Morgan fingerprint density at radius 2 is 0.754 bits per heavy atom. The van der Waals surface area contributed by atoms with Crippen molar-refractivity contribution in [2.24, 2.45) is 0 Å². The molecule has 3 N–H and O–H groups in total. The van der Waals surface area contributed by atoms with Gasteiger partial charge in [-0.25, -0.2) is 0 Å². The summed E-state index contributed by atoms with van der Waals surface area (Å²) in [5.41, 5.74) is 0. The summed E-state index contributed by atoms with van der Waals surface area (Å²) in [4.78, 5) is 24.6. The Kier molecular flexibility index (Phi) is 57.5. The van der Waals surface area contributed by atoms with E-state index in [1.54, 1.807) is 0 Å². The standard InChI is InChI=1S/C63H121NO5/c1-3-5-7-9-11-13-15-17-18-19-20-21-22-23-24-25-26-28-32-35-39-43-47-51-55-61(66)60(59-65)64-62(67)56-52-48-44-40-36-33-29-27-30-34-38-42-46-50-54-58-69-63(68)57-53-49-45-41-37-31-16-14-12-10-8-6-4-2/h8,10,14,16,60-61,65-66H,3-7,9,11-13,15,17-59H2,1-2H3,(H,64,67)/b10-8-,16-14-. The summed E-state index contributed by atoms with van der Waals surface area (Å²) in [5.74, 6) is -0.0542. The van der Waals surface area contributed by atoms with Crippen LogP contribution in [0.5, 0.6) is 0 Å². The maximum atomic E-state index is 12.5. The highest BCUT2D eigenvalue weighted by molar-refractivity contribution is 5.76. The largest absolute Gasteiger partial charge is 0.466 e. The van der Waals surface area contributed by atoms with E-state index in [2.05, 4.69) is 43.5 Å². The highest BCUT2D eigenvalue weighted by Crippen LogP contribution is 2.18. The van der Waals surface area contributed by atoms with E-state index in [0.29, 0.717) is 25.9 Å². The average Bonchev–Trinajstić information content (AvgIpc) is 3.35. The van der Waals surface area contributed by atoms with Gasteiger partial charge in [0, 0.05) is 12.8 Å². The highest BCUT2D eigenvalue weighted by Gasteiger charge is 2.20. The monoisotopic (exact) mass is 972 g/mol. The molecule has 0 aliphatic rings. The summed E-state index contributed by atoms with van der Waals surface area (Å²) in [6.45, 7) is 4.89. The highest BCUT2D eigenvalue weighted by atomic mass is 16.5. The lowest BCUT2D eigenvalue weighted by Crippen LogP contribution is -2.45. The zero-order chi connectivity index (χ0) is 50.0. The van der Waals surface area contributed by atoms with Crippen LogP contribution in [-0.2, 0) is 14.3 Å². The molecule has 0 saturated carbocycles. The number of unbranched alkanes of at least 4 members (excludes halogenated alkanes) is 43. The molecule has 408 valence electrons. The topological polar surface area (TPSA) is 95.9 Å². The van der Waals surface area contributed by atoms with E-state index in [1.807, 2.05) is 0 Å². The van der Waals surface area contributed by atoms with Gasteiger partial charge in [-0.3, -0.25) is 9.59 Å². The maximum absolute atomic E-state index is 12.5. The number of hydrogen-bond donors (Lipinski definition) is 3. The third-order valence-electron chi connectivity index (χ3n) is 14.5. The molecule has 0 aromatic heterocycles. The third kappa shape index (κ3) is 55.5. The van der Waals surface area contributed by atoms with Crippen LogP contribution in [0.4, 0.5) is 0 Å². The first-order valence-electron chi connectivity index (χ1n) is 31.1. The van der Waals surface area contributed by atoms with Crippen molar-refractivity contribution in [1.82, 2.24) is 5.32 Å². The number of ether oxygens (including phenoxy) is 1. The molecule has 2 unspecified atom stereocenters. The SMILES string of the molecule is CCC/C=C\C/C=C\CCCCCCCC(=O)OCCCCCCCCCCCCCCCCCC(=O)NC(CO)C(O)CCCCCCCCCCCCCCCCCCCCCCCCCC. The van der Waals surface area contributed by atoms with Crippen molar-refractivity contribution >= 4 is 11.9 Å². The minimum absolute atomic E-state index is 0.0138. The van der Waals surface area contributed by atoms with E-state index in [1.165, 1.54) is 250 Å². The van der Waals surface area contributed by atoms with Gasteiger partial charge in [-0.1, -0.05) is 301 Å². The molecular formula is C63H121NO5. The summed E-state index contributed by atoms with van der Waals surface area (Å²) in [6, 6.07) is -0.550. The molecule has 0 fully saturated rings. The van der Waals surface area contributed by atoms with Crippen molar-refractivity contribution < 1.29 is 24.5 Å². The van der Waals surface area contributed by atoms with Crippen molar-refractivity contribution in [2.75, 3.05) is 13.2 Å². The minimum atomic E-state index is -0.672. The molecule has 69 heavy (non-hydrogen) atoms. The van der Waals surface area contributed by atoms with E-state index in [-0.39, 0.29) is 18.5 Å². The lowest BCUT2D eigenvalue weighted by molar-refractivity contribution is -0.143. The number of hydrogen-bond acceptors (Lipinski definition) is 5. The second-order valence-corrected chi connectivity index (χ2v) is 21.4. The van der Waals surface area contributed by atoms with Gasteiger partial charge in [0.25, 0.3) is 0 Å². The molecule has 0 radical (unpaired) electrons. The number of aliphatic hydroxyl groups is 2. The first kappa shape index (κ1) is 67.3. The molecular weight excluding hydrogens is 851 g/mol. The molecule has 0 aliphatic carbocycles. The summed E-state index contributed by atoms with van der Waals surface area (Å²) >= 11 is 0. The Balaban J connectivity index is 3.43. The molecule has 0 aromatic rings. The molecule has 1 amide bonds. The number of carbonyl (C=O) groups excluding carboxylic acids is 2. The van der Waals surface area contributed by atoms with Crippen LogP contribution < -0.4 is 5.32 Å². The third-order valence-corrected chi connectivity index (χ3v) is 14.5. The lowest BCUT2D eigenvalue weighted by atomic mass is 10.0. The number of carbonyl (C=O) groups is 2. The molecule has 0 aliphatic heterocycles. The Morgan fingerprint density at radius 3 is 1.16 bits per heavy atom. The van der Waals surface area contributed by atoms with E-state index >= 15 is 0 Å². The normalized spacial score (nSPS) is 12.7. The minimum Gasteiger partial charge on any atom is -0.466 e. The number of rotatable bonds is 58. The van der Waals surface area contributed by atoms with Crippen molar-refractivity contribution in [3.8, 4) is 0 Å². The van der Waals surface area contributed by atoms with Crippen LogP contribution in [0, 0.1) is 0 Å². The van der Waals surface area contributed by atoms with Crippen molar-refractivity contribution in [3.63, 3.8) is 0 Å². The van der Waals surface area contributed by atoms with Gasteiger partial charge in [0.1, 0.15) is 0 Å². The van der Waals surface area contributed by atoms with E-state index in [9.17, 15) is 19.8 Å². The Bertz CT molecular complexity index is 1080. The van der Waals surface area contributed by atoms with Gasteiger partial charge in [0.05, 0.1) is 25.4 Å². The number of amides is 1. The number of esters is 1. The van der Waals surface area contributed by atoms with Crippen molar-refractivity contribution in [2.45, 2.75) is 353 Å². The fourth-order valence-corrected chi connectivity index (χ4v) is 9.74. The number of aliphatic hydroxyl groups excluding tert-OH is 2. The summed E-state index contributed by atoms with van der Waals surface area (Å²) in [5, 5.41) is 23.4. The smallest absolute Gasteiger partial charge is 0.305 e. The molecule has 0 aromatic carbocycles. The number of nitrogens with one attached hydrogen (secondary N) is 1. The Labute approximate surface area is 431 Å². The summed E-state index contributed by atoms with van der Waals surface area (Å²) in [7, 11) is 0. The van der Waals surface area contributed by atoms with Gasteiger partial charge in [-0.15, -0.1) is 0 Å². The predicted molar refractivity (Wildman–Crippen MR) is 301 cm³/mol. The number of allylic oxidation sites excluding steroid dienone is 4. The average molecular weight is 973 g/mol. The van der Waals surface area contributed by atoms with Gasteiger partial charge in [-0.2, -0.15) is 0 Å². The zero-order valence-corrected chi connectivity index (χ0v) is 46.6. The van der Waals surface area contributed by atoms with E-state index in [4.69, 9.17) is 4.74 Å². The maximum Gasteiger partial charge on any atom is 0.305 e. The van der Waals surface area contributed by atoms with Gasteiger partial charge in [0.2, 0.25) is 5.91 Å². The first-order valence-corrected chi connectivity index (χ1v) is 31.1. The van der Waals surface area contributed by atoms with Crippen LogP contribution >= 0.6 is 0 Å². The van der Waals surface area contributed by atoms with Crippen LogP contribution in [0.3, 0.4) is 0 Å². The van der Waals surface area contributed by atoms with Gasteiger partial charge < -0.3 is 20.3 Å². The van der Waals surface area contributed by atoms with Gasteiger partial charge in [0.15, 0.2) is 0 Å². The van der Waals surface area contributed by atoms with Crippen LogP contribution in [0.2, 0.25) is 0 Å². The zero-order valence-electron chi connectivity index (χ0n) is 46.6. The van der Waals surface area contributed by atoms with E-state index < -0.39 is 12.1 Å². The Hall–Kier alpha value is -1.66. The van der Waals surface area contributed by atoms with Gasteiger partial charge in [-0.05, 0) is 51.4 Å². The Morgan fingerprint density at radius 1 is 0.406 bits per heavy atom.